The molecule has 330 valence electrons. The third-order valence-electron chi connectivity index (χ3n) is 9.95. The van der Waals surface area contributed by atoms with Crippen molar-refractivity contribution in [2.24, 2.45) is 5.73 Å². The van der Waals surface area contributed by atoms with Crippen LogP contribution >= 0.6 is 7.82 Å². The summed E-state index contributed by atoms with van der Waals surface area (Å²) in [5.74, 6) is -1.78. The first-order chi connectivity index (χ1) is 27.2. The molecule has 0 aromatic rings. The Kier molecular flexibility index (Phi) is 40.5. The highest BCUT2D eigenvalue weighted by molar-refractivity contribution is 7.47. The number of unbranched alkanes of at least 4 members (excludes halogenated alkanes) is 26. The number of aliphatic carboxylic acids is 1. The van der Waals surface area contributed by atoms with Gasteiger partial charge in [0.15, 0.2) is 0 Å². The molecule has 0 amide bonds. The van der Waals surface area contributed by atoms with Crippen molar-refractivity contribution in [1.29, 1.82) is 0 Å². The van der Waals surface area contributed by atoms with Gasteiger partial charge in [-0.05, 0) is 64.2 Å². The molecule has 0 bridgehead atoms. The Morgan fingerprint density at radius 1 is 0.554 bits per heavy atom. The summed E-state index contributed by atoms with van der Waals surface area (Å²) in [6.07, 6.45) is 45.2. The maximum Gasteiger partial charge on any atom is 0.472 e. The van der Waals surface area contributed by atoms with E-state index in [1.807, 2.05) is 0 Å². The zero-order chi connectivity index (χ0) is 41.2. The summed E-state index contributed by atoms with van der Waals surface area (Å²) >= 11 is 0. The fourth-order valence-electron chi connectivity index (χ4n) is 6.36. The Bertz CT molecular complexity index is 993. The first-order valence-corrected chi connectivity index (χ1v) is 24.4. The van der Waals surface area contributed by atoms with Gasteiger partial charge in [0.1, 0.15) is 12.1 Å². The molecule has 0 aliphatic carbocycles. The van der Waals surface area contributed by atoms with Crippen LogP contribution in [0.2, 0.25) is 0 Å². The molecular weight excluding hydrogens is 729 g/mol. The molecule has 0 fully saturated rings. The number of carbonyl (C=O) groups excluding carboxylic acids is 1. The number of hydrogen-bond donors (Lipinski definition) is 3. The summed E-state index contributed by atoms with van der Waals surface area (Å²) in [5.41, 5.74) is 5.36. The smallest absolute Gasteiger partial charge is 0.472 e. The second kappa shape index (κ2) is 41.6. The topological polar surface area (TPSA) is 155 Å². The van der Waals surface area contributed by atoms with Gasteiger partial charge in [0.25, 0.3) is 0 Å². The molecule has 11 heteroatoms. The highest BCUT2D eigenvalue weighted by Crippen LogP contribution is 2.43. The van der Waals surface area contributed by atoms with E-state index in [2.05, 4.69) is 38.2 Å². The lowest BCUT2D eigenvalue weighted by atomic mass is 10.1. The number of esters is 1. The van der Waals surface area contributed by atoms with E-state index in [0.717, 1.165) is 44.9 Å². The lowest BCUT2D eigenvalue weighted by molar-refractivity contribution is -0.154. The predicted octanol–water partition coefficient (Wildman–Crippen LogP) is 12.7. The second-order valence-electron chi connectivity index (χ2n) is 15.5. The van der Waals surface area contributed by atoms with E-state index in [1.54, 1.807) is 0 Å². The zero-order valence-corrected chi connectivity index (χ0v) is 36.9. The second-order valence-corrected chi connectivity index (χ2v) is 17.0. The van der Waals surface area contributed by atoms with Crippen molar-refractivity contribution in [3.8, 4) is 0 Å². The summed E-state index contributed by atoms with van der Waals surface area (Å²) in [6, 6.07) is -1.47. The molecule has 0 saturated heterocycles. The van der Waals surface area contributed by atoms with Crippen LogP contribution < -0.4 is 5.73 Å². The third kappa shape index (κ3) is 40.6. The van der Waals surface area contributed by atoms with Gasteiger partial charge >= 0.3 is 19.8 Å². The minimum absolute atomic E-state index is 0.0145. The van der Waals surface area contributed by atoms with Crippen molar-refractivity contribution in [3.05, 3.63) is 24.3 Å². The molecule has 0 heterocycles. The van der Waals surface area contributed by atoms with Crippen LogP contribution in [0.1, 0.15) is 213 Å². The van der Waals surface area contributed by atoms with Crippen LogP contribution in [0.3, 0.4) is 0 Å². The minimum atomic E-state index is -4.61. The van der Waals surface area contributed by atoms with E-state index >= 15 is 0 Å². The Labute approximate surface area is 343 Å². The van der Waals surface area contributed by atoms with Crippen LogP contribution in [-0.4, -0.2) is 60.5 Å². The Hall–Kier alpha value is -1.55. The quantitative estimate of drug-likeness (QED) is 0.0234. The molecule has 4 N–H and O–H groups in total. The van der Waals surface area contributed by atoms with E-state index in [4.69, 9.17) is 29.4 Å². The van der Waals surface area contributed by atoms with Crippen molar-refractivity contribution in [2.75, 3.05) is 26.4 Å². The van der Waals surface area contributed by atoms with Gasteiger partial charge in [-0.15, -0.1) is 0 Å². The Balaban J connectivity index is 4.16. The molecule has 0 aliphatic heterocycles. The number of carboxylic acids is 1. The van der Waals surface area contributed by atoms with Crippen molar-refractivity contribution >= 4 is 19.8 Å². The van der Waals surface area contributed by atoms with Gasteiger partial charge in [0, 0.05) is 13.0 Å². The summed E-state index contributed by atoms with van der Waals surface area (Å²) < 4.78 is 33.4. The SMILES string of the molecule is CCCCC/C=C\CCCCCCCCOCC(COP(=O)(O)OCC(N)C(=O)O)OC(=O)CCCCCCCCCCC/C=C\CCCCCCCCCC. The molecule has 10 nitrogen and oxygen atoms in total. The number of carboxylic acid groups (broad SMARTS) is 1. The van der Waals surface area contributed by atoms with E-state index < -0.39 is 45.1 Å². The fourth-order valence-corrected chi connectivity index (χ4v) is 7.14. The molecule has 56 heavy (non-hydrogen) atoms. The largest absolute Gasteiger partial charge is 0.480 e. The van der Waals surface area contributed by atoms with Crippen molar-refractivity contribution in [3.63, 3.8) is 0 Å². The Morgan fingerprint density at radius 2 is 0.929 bits per heavy atom. The summed E-state index contributed by atoms with van der Waals surface area (Å²) in [4.78, 5) is 33.5. The van der Waals surface area contributed by atoms with Crippen LogP contribution in [0.5, 0.6) is 0 Å². The average Bonchev–Trinajstić information content (AvgIpc) is 3.18. The van der Waals surface area contributed by atoms with Gasteiger partial charge in [-0.3, -0.25) is 18.6 Å². The van der Waals surface area contributed by atoms with Crippen molar-refractivity contribution in [2.45, 2.75) is 225 Å². The molecule has 3 atom stereocenters. The number of phosphoric ester groups is 1. The fraction of sp³-hybridized carbons (Fsp3) is 0.867. The number of carbonyl (C=O) groups is 2. The number of rotatable bonds is 44. The maximum atomic E-state index is 12.6. The minimum Gasteiger partial charge on any atom is -0.480 e. The van der Waals surface area contributed by atoms with Gasteiger partial charge in [0.2, 0.25) is 0 Å². The van der Waals surface area contributed by atoms with Crippen LogP contribution in [0.4, 0.5) is 0 Å². The van der Waals surface area contributed by atoms with E-state index in [1.165, 1.54) is 141 Å². The summed E-state index contributed by atoms with van der Waals surface area (Å²) in [7, 11) is -4.61. The van der Waals surface area contributed by atoms with Gasteiger partial charge in [-0.25, -0.2) is 4.57 Å². The molecule has 0 aromatic heterocycles. The molecule has 0 aliphatic rings. The highest BCUT2D eigenvalue weighted by atomic mass is 31.2. The number of allylic oxidation sites excluding steroid dienone is 4. The van der Waals surface area contributed by atoms with E-state index in [9.17, 15) is 19.0 Å². The summed E-state index contributed by atoms with van der Waals surface area (Å²) in [6.45, 7) is 3.86. The van der Waals surface area contributed by atoms with Crippen LogP contribution in [0.25, 0.3) is 0 Å². The van der Waals surface area contributed by atoms with Crippen molar-refractivity contribution in [1.82, 2.24) is 0 Å². The molecule has 0 rings (SSSR count). The predicted molar refractivity (Wildman–Crippen MR) is 231 cm³/mol. The first-order valence-electron chi connectivity index (χ1n) is 22.9. The number of nitrogens with two attached hydrogens (primary N) is 1. The van der Waals surface area contributed by atoms with Crippen molar-refractivity contribution < 1.29 is 42.7 Å². The van der Waals surface area contributed by atoms with Crippen LogP contribution in [-0.2, 0) is 32.7 Å². The van der Waals surface area contributed by atoms with Gasteiger partial charge < -0.3 is 25.2 Å². The lowest BCUT2D eigenvalue weighted by Gasteiger charge is -2.20. The summed E-state index contributed by atoms with van der Waals surface area (Å²) in [5, 5.41) is 8.90. The molecule has 0 saturated carbocycles. The number of ether oxygens (including phenoxy) is 2. The Morgan fingerprint density at radius 3 is 1.39 bits per heavy atom. The van der Waals surface area contributed by atoms with Gasteiger partial charge in [-0.1, -0.05) is 167 Å². The molecule has 3 unspecified atom stereocenters. The average molecular weight is 816 g/mol. The number of phosphoric acid groups is 1. The van der Waals surface area contributed by atoms with Crippen LogP contribution in [0.15, 0.2) is 24.3 Å². The zero-order valence-electron chi connectivity index (χ0n) is 36.0. The molecular formula is C45H86NO9P. The maximum absolute atomic E-state index is 12.6. The molecule has 0 radical (unpaired) electrons. The first kappa shape index (κ1) is 54.5. The normalized spacial score (nSPS) is 14.1. The van der Waals surface area contributed by atoms with Gasteiger partial charge in [0.05, 0.1) is 19.8 Å². The third-order valence-corrected chi connectivity index (χ3v) is 10.9. The van der Waals surface area contributed by atoms with Crippen LogP contribution in [0, 0.1) is 0 Å². The molecule has 0 aromatic carbocycles. The highest BCUT2D eigenvalue weighted by Gasteiger charge is 2.27. The van der Waals surface area contributed by atoms with E-state index in [0.29, 0.717) is 13.0 Å². The van der Waals surface area contributed by atoms with E-state index in [-0.39, 0.29) is 13.0 Å². The van der Waals surface area contributed by atoms with Gasteiger partial charge in [-0.2, -0.15) is 0 Å². The monoisotopic (exact) mass is 816 g/mol. The lowest BCUT2D eigenvalue weighted by Crippen LogP contribution is -2.34. The number of hydrogen-bond acceptors (Lipinski definition) is 8. The standard InChI is InChI=1S/C45H86NO9P/c1-3-5-7-9-11-13-15-17-18-19-20-21-22-23-24-25-27-29-31-33-35-37-44(47)55-42(40-53-56(50,51)54-41-43(46)45(48)49)39-52-38-36-34-32-30-28-26-16-14-12-10-8-6-4-2/h12,14,19-20,42-43H,3-11,13,15-18,21-41,46H2,1-2H3,(H,48,49)(H,50,51)/b14-12-,20-19-. The molecule has 0 spiro atoms.